The van der Waals surface area contributed by atoms with Gasteiger partial charge in [0.05, 0.1) is 17.4 Å². The van der Waals surface area contributed by atoms with Crippen LogP contribution in [-0.2, 0) is 18.3 Å². The number of hydrogen-bond acceptors (Lipinski definition) is 7. The third kappa shape index (κ3) is 4.63. The van der Waals surface area contributed by atoms with E-state index >= 15 is 0 Å². The zero-order chi connectivity index (χ0) is 23.5. The minimum Gasteiger partial charge on any atom is -0.325 e. The minimum atomic E-state index is -0.220. The smallest absolute Gasteiger partial charge is 0.261 e. The Balaban J connectivity index is 1.48. The summed E-state index contributed by atoms with van der Waals surface area (Å²) in [4.78, 5) is 30.0. The fraction of sp³-hybridized carbons (Fsp3) is 0.217. The largest absolute Gasteiger partial charge is 0.325 e. The molecule has 0 bridgehead atoms. The van der Waals surface area contributed by atoms with Gasteiger partial charge in [0.2, 0.25) is 5.91 Å². The molecule has 33 heavy (non-hydrogen) atoms. The highest BCUT2D eigenvalue weighted by molar-refractivity contribution is 7.99. The van der Waals surface area contributed by atoms with Gasteiger partial charge in [-0.25, -0.2) is 4.98 Å². The van der Waals surface area contributed by atoms with Gasteiger partial charge in [-0.05, 0) is 43.7 Å². The fourth-order valence-corrected chi connectivity index (χ4v) is 4.15. The van der Waals surface area contributed by atoms with Gasteiger partial charge < -0.3 is 9.88 Å². The number of aromatic nitrogens is 5. The van der Waals surface area contributed by atoms with E-state index in [9.17, 15) is 9.59 Å². The molecule has 4 rings (SSSR count). The molecule has 4 aromatic rings. The second-order valence-corrected chi connectivity index (χ2v) is 8.47. The Bertz CT molecular complexity index is 1470. The molecule has 0 saturated carbocycles. The van der Waals surface area contributed by atoms with E-state index in [0.717, 1.165) is 5.56 Å². The Kier molecular flexibility index (Phi) is 6.24. The molecule has 0 aliphatic heterocycles. The first-order chi connectivity index (χ1) is 15.9. The lowest BCUT2D eigenvalue weighted by Crippen LogP contribution is -2.23. The van der Waals surface area contributed by atoms with Crippen LogP contribution in [0.5, 0.6) is 0 Å². The van der Waals surface area contributed by atoms with Crippen molar-refractivity contribution in [2.75, 3.05) is 11.1 Å². The first-order valence-corrected chi connectivity index (χ1v) is 11.1. The number of benzene rings is 1. The first-order valence-electron chi connectivity index (χ1n) is 10.2. The number of nitrogens with zero attached hydrogens (tertiary/aromatic N) is 6. The Hall–Kier alpha value is -3.97. The molecule has 166 valence electrons. The molecule has 1 amide bonds. The summed E-state index contributed by atoms with van der Waals surface area (Å²) < 4.78 is 3.33. The highest BCUT2D eigenvalue weighted by atomic mass is 32.2. The minimum absolute atomic E-state index is 0.126. The Labute approximate surface area is 194 Å². The van der Waals surface area contributed by atoms with Gasteiger partial charge >= 0.3 is 0 Å². The van der Waals surface area contributed by atoms with Crippen molar-refractivity contribution >= 4 is 29.0 Å². The van der Waals surface area contributed by atoms with Gasteiger partial charge in [0.1, 0.15) is 11.5 Å². The van der Waals surface area contributed by atoms with Crippen LogP contribution < -0.4 is 10.9 Å². The molecule has 0 atom stereocenters. The van der Waals surface area contributed by atoms with Gasteiger partial charge in [-0.3, -0.25) is 14.0 Å². The Morgan fingerprint density at radius 1 is 1.21 bits per heavy atom. The van der Waals surface area contributed by atoms with Gasteiger partial charge in [-0.2, -0.15) is 5.26 Å². The van der Waals surface area contributed by atoms with Crippen LogP contribution in [0, 0.1) is 25.2 Å². The SMILES string of the molecule is Cc1nc2c(C)cccn2c(=O)c1Cc1nnc(SCC(=O)Nc2cccc(C#N)c2)n1C. The lowest BCUT2D eigenvalue weighted by Gasteiger charge is -2.09. The average Bonchev–Trinajstić information content (AvgIpc) is 3.15. The summed E-state index contributed by atoms with van der Waals surface area (Å²) in [6.07, 6.45) is 2.00. The molecule has 0 spiro atoms. The van der Waals surface area contributed by atoms with E-state index in [1.165, 1.54) is 11.8 Å². The second-order valence-electron chi connectivity index (χ2n) is 7.53. The molecule has 9 nitrogen and oxygen atoms in total. The maximum absolute atomic E-state index is 13.0. The van der Waals surface area contributed by atoms with E-state index in [0.29, 0.717) is 39.1 Å². The summed E-state index contributed by atoms with van der Waals surface area (Å²) in [5.74, 6) is 0.512. The van der Waals surface area contributed by atoms with Crippen molar-refractivity contribution in [3.05, 3.63) is 81.2 Å². The van der Waals surface area contributed by atoms with Crippen molar-refractivity contribution in [1.82, 2.24) is 24.1 Å². The molecule has 3 aromatic heterocycles. The third-order valence-electron chi connectivity index (χ3n) is 5.22. The number of carbonyl (C=O) groups is 1. The van der Waals surface area contributed by atoms with Crippen molar-refractivity contribution in [3.63, 3.8) is 0 Å². The highest BCUT2D eigenvalue weighted by Crippen LogP contribution is 2.19. The van der Waals surface area contributed by atoms with Crippen molar-refractivity contribution in [2.45, 2.75) is 25.4 Å². The zero-order valence-electron chi connectivity index (χ0n) is 18.4. The number of thioether (sulfide) groups is 1. The number of anilines is 1. The van der Waals surface area contributed by atoms with E-state index in [1.807, 2.05) is 32.0 Å². The highest BCUT2D eigenvalue weighted by Gasteiger charge is 2.17. The van der Waals surface area contributed by atoms with E-state index in [1.54, 1.807) is 46.5 Å². The summed E-state index contributed by atoms with van der Waals surface area (Å²) in [5.41, 5.74) is 3.70. The molecule has 1 N–H and O–H groups in total. The van der Waals surface area contributed by atoms with E-state index < -0.39 is 0 Å². The standard InChI is InChI=1S/C23H21N7O2S/c1-14-6-5-9-30-21(14)25-15(2)18(22(30)32)11-19-27-28-23(29(19)3)33-13-20(31)26-17-8-4-7-16(10-17)12-24/h4-10H,11,13H2,1-3H3,(H,26,31). The van der Waals surface area contributed by atoms with Crippen LogP contribution in [-0.4, -0.2) is 35.8 Å². The van der Waals surface area contributed by atoms with Gasteiger partial charge in [0.25, 0.3) is 5.56 Å². The topological polar surface area (TPSA) is 118 Å². The molecule has 0 unspecified atom stereocenters. The molecule has 0 fully saturated rings. The van der Waals surface area contributed by atoms with Crippen LogP contribution in [0.4, 0.5) is 5.69 Å². The summed E-state index contributed by atoms with van der Waals surface area (Å²) in [6.45, 7) is 3.74. The van der Waals surface area contributed by atoms with Crippen molar-refractivity contribution in [1.29, 1.82) is 5.26 Å². The average molecular weight is 460 g/mol. The summed E-state index contributed by atoms with van der Waals surface area (Å²) in [6, 6.07) is 12.5. The quantitative estimate of drug-likeness (QED) is 0.440. The van der Waals surface area contributed by atoms with Gasteiger partial charge in [-0.15, -0.1) is 10.2 Å². The fourth-order valence-electron chi connectivity index (χ4n) is 3.42. The summed E-state index contributed by atoms with van der Waals surface area (Å²) in [5, 5.41) is 20.7. The molecule has 10 heteroatoms. The maximum atomic E-state index is 13.0. The van der Waals surface area contributed by atoms with Crippen molar-refractivity contribution in [3.8, 4) is 6.07 Å². The monoisotopic (exact) mass is 459 g/mol. The van der Waals surface area contributed by atoms with Crippen LogP contribution >= 0.6 is 11.8 Å². The maximum Gasteiger partial charge on any atom is 0.261 e. The molecule has 1 aromatic carbocycles. The number of amides is 1. The molecular weight excluding hydrogens is 438 g/mol. The van der Waals surface area contributed by atoms with Crippen LogP contribution in [0.25, 0.3) is 5.65 Å². The zero-order valence-corrected chi connectivity index (χ0v) is 19.2. The van der Waals surface area contributed by atoms with Gasteiger partial charge in [0, 0.05) is 36.6 Å². The number of nitrogens with one attached hydrogen (secondary N) is 1. The summed E-state index contributed by atoms with van der Waals surface area (Å²) in [7, 11) is 1.80. The Morgan fingerprint density at radius 2 is 2.03 bits per heavy atom. The second kappa shape index (κ2) is 9.26. The number of aryl methyl sites for hydroxylation is 2. The molecule has 0 radical (unpaired) electrons. The number of hydrogen-bond donors (Lipinski definition) is 1. The number of carbonyl (C=O) groups excluding carboxylic acids is 1. The predicted molar refractivity (Wildman–Crippen MR) is 125 cm³/mol. The van der Waals surface area contributed by atoms with Crippen LogP contribution in [0.15, 0.2) is 52.5 Å². The number of nitriles is 1. The van der Waals surface area contributed by atoms with E-state index in [-0.39, 0.29) is 23.6 Å². The molecular formula is C23H21N7O2S. The van der Waals surface area contributed by atoms with Crippen LogP contribution in [0.1, 0.15) is 28.2 Å². The molecule has 0 aliphatic carbocycles. The lowest BCUT2D eigenvalue weighted by molar-refractivity contribution is -0.113. The van der Waals surface area contributed by atoms with E-state index in [4.69, 9.17) is 5.26 Å². The van der Waals surface area contributed by atoms with Crippen molar-refractivity contribution in [2.24, 2.45) is 7.05 Å². The predicted octanol–water partition coefficient (Wildman–Crippen LogP) is 2.63. The lowest BCUT2D eigenvalue weighted by atomic mass is 10.1. The molecule has 0 aliphatic rings. The van der Waals surface area contributed by atoms with Gasteiger partial charge in [-0.1, -0.05) is 23.9 Å². The normalized spacial score (nSPS) is 10.8. The van der Waals surface area contributed by atoms with Crippen LogP contribution in [0.3, 0.4) is 0 Å². The van der Waals surface area contributed by atoms with Crippen LogP contribution in [0.2, 0.25) is 0 Å². The Morgan fingerprint density at radius 3 is 2.82 bits per heavy atom. The first kappa shape index (κ1) is 22.2. The molecule has 0 saturated heterocycles. The summed E-state index contributed by atoms with van der Waals surface area (Å²) >= 11 is 1.24. The van der Waals surface area contributed by atoms with Crippen molar-refractivity contribution < 1.29 is 4.79 Å². The van der Waals surface area contributed by atoms with Gasteiger partial charge in [0.15, 0.2) is 5.16 Å². The number of fused-ring (bicyclic) bond motifs is 1. The molecule has 3 heterocycles. The van der Waals surface area contributed by atoms with E-state index in [2.05, 4.69) is 20.5 Å². The number of rotatable bonds is 6. The number of pyridine rings is 1. The third-order valence-corrected chi connectivity index (χ3v) is 6.24.